The molecule has 1 aliphatic heterocycles. The molecule has 0 aromatic rings. The van der Waals surface area contributed by atoms with Crippen LogP contribution in [0.2, 0.25) is 0 Å². The van der Waals surface area contributed by atoms with E-state index in [2.05, 4.69) is 0 Å². The number of esters is 2. The smallest absolute Gasteiger partial charge is 0.308 e. The molecule has 1 heterocycles. The average Bonchev–Trinajstić information content (AvgIpc) is 2.38. The fraction of sp³-hybridized carbons (Fsp3) is 0.583. The van der Waals surface area contributed by atoms with Gasteiger partial charge in [0.2, 0.25) is 5.78 Å². The van der Waals surface area contributed by atoms with Gasteiger partial charge in [0.15, 0.2) is 0 Å². The van der Waals surface area contributed by atoms with Gasteiger partial charge in [0.1, 0.15) is 12.7 Å². The zero-order valence-electron chi connectivity index (χ0n) is 10.4. The molecule has 6 heteroatoms. The van der Waals surface area contributed by atoms with Crippen LogP contribution in [0.25, 0.3) is 0 Å². The molecule has 2 atom stereocenters. The van der Waals surface area contributed by atoms with Gasteiger partial charge in [-0.25, -0.2) is 0 Å². The molecular weight excluding hydrogens is 240 g/mol. The summed E-state index contributed by atoms with van der Waals surface area (Å²) in [6.07, 6.45) is 1.35. The molecule has 0 unspecified atom stereocenters. The third-order valence-electron chi connectivity index (χ3n) is 2.23. The van der Waals surface area contributed by atoms with Gasteiger partial charge in [0, 0.05) is 12.8 Å². The first-order chi connectivity index (χ1) is 8.56. The first kappa shape index (κ1) is 14.4. The van der Waals surface area contributed by atoms with Crippen molar-refractivity contribution in [3.05, 3.63) is 12.2 Å². The minimum absolute atomic E-state index is 0.00334. The molecule has 18 heavy (non-hydrogen) atoms. The van der Waals surface area contributed by atoms with Crippen molar-refractivity contribution >= 4 is 17.7 Å². The van der Waals surface area contributed by atoms with Crippen LogP contribution in [0.5, 0.6) is 0 Å². The first-order valence-corrected chi connectivity index (χ1v) is 5.79. The Morgan fingerprint density at radius 2 is 1.94 bits per heavy atom. The second-order valence-electron chi connectivity index (χ2n) is 3.65. The maximum atomic E-state index is 11.4. The van der Waals surface area contributed by atoms with E-state index in [-0.39, 0.29) is 25.4 Å². The summed E-state index contributed by atoms with van der Waals surface area (Å²) >= 11 is 0. The van der Waals surface area contributed by atoms with Gasteiger partial charge in [-0.15, -0.1) is 0 Å². The van der Waals surface area contributed by atoms with Crippen LogP contribution in [0.1, 0.15) is 26.7 Å². The van der Waals surface area contributed by atoms with E-state index in [9.17, 15) is 14.4 Å². The maximum Gasteiger partial charge on any atom is 0.308 e. The molecule has 0 aromatic carbocycles. The summed E-state index contributed by atoms with van der Waals surface area (Å²) in [6, 6.07) is 0. The summed E-state index contributed by atoms with van der Waals surface area (Å²) in [4.78, 5) is 33.4. The molecule has 1 aliphatic rings. The largest absolute Gasteiger partial charge is 0.463 e. The van der Waals surface area contributed by atoms with E-state index in [1.165, 1.54) is 12.2 Å². The topological polar surface area (TPSA) is 78.9 Å². The van der Waals surface area contributed by atoms with Crippen LogP contribution in [0.4, 0.5) is 0 Å². The van der Waals surface area contributed by atoms with Gasteiger partial charge < -0.3 is 14.2 Å². The summed E-state index contributed by atoms with van der Waals surface area (Å²) in [5.41, 5.74) is 0. The van der Waals surface area contributed by atoms with Crippen LogP contribution in [0.15, 0.2) is 12.2 Å². The van der Waals surface area contributed by atoms with Crippen molar-refractivity contribution in [2.45, 2.75) is 39.1 Å². The Balaban J connectivity index is 2.49. The normalized spacial score (nSPS) is 22.7. The second kappa shape index (κ2) is 6.90. The lowest BCUT2D eigenvalue weighted by molar-refractivity contribution is -0.194. The zero-order valence-corrected chi connectivity index (χ0v) is 10.4. The molecule has 0 spiro atoms. The van der Waals surface area contributed by atoms with Gasteiger partial charge in [-0.1, -0.05) is 13.8 Å². The fourth-order valence-electron chi connectivity index (χ4n) is 1.21. The summed E-state index contributed by atoms with van der Waals surface area (Å²) in [5, 5.41) is 0. The Hall–Kier alpha value is -1.69. The monoisotopic (exact) mass is 256 g/mol. The molecule has 0 fully saturated rings. The summed E-state index contributed by atoms with van der Waals surface area (Å²) in [5.74, 6) is -1.31. The SMILES string of the molecule is CCC(=O)OC[C@@H]1C=CC(=O)[C@@H](OC(=O)CC)O1. The Morgan fingerprint density at radius 1 is 1.28 bits per heavy atom. The highest BCUT2D eigenvalue weighted by Crippen LogP contribution is 2.12. The van der Waals surface area contributed by atoms with Crippen molar-refractivity contribution in [3.63, 3.8) is 0 Å². The standard InChI is InChI=1S/C12H16O6/c1-3-10(14)16-7-8-5-6-9(13)12(17-8)18-11(15)4-2/h5-6,8,12H,3-4,7H2,1-2H3/t8-,12+/m0/s1. The van der Waals surface area contributed by atoms with Gasteiger partial charge in [-0.05, 0) is 12.2 Å². The third kappa shape index (κ3) is 4.29. The van der Waals surface area contributed by atoms with Crippen LogP contribution in [-0.4, -0.2) is 36.7 Å². The van der Waals surface area contributed by atoms with Crippen molar-refractivity contribution in [1.29, 1.82) is 0 Å². The van der Waals surface area contributed by atoms with Crippen molar-refractivity contribution in [3.8, 4) is 0 Å². The van der Waals surface area contributed by atoms with Gasteiger partial charge >= 0.3 is 11.9 Å². The number of hydrogen-bond donors (Lipinski definition) is 0. The molecule has 6 nitrogen and oxygen atoms in total. The van der Waals surface area contributed by atoms with E-state index in [0.717, 1.165) is 0 Å². The third-order valence-corrected chi connectivity index (χ3v) is 2.23. The highest BCUT2D eigenvalue weighted by Gasteiger charge is 2.28. The van der Waals surface area contributed by atoms with Crippen LogP contribution >= 0.6 is 0 Å². The molecular formula is C12H16O6. The van der Waals surface area contributed by atoms with E-state index in [1.807, 2.05) is 0 Å². The summed E-state index contributed by atoms with van der Waals surface area (Å²) in [6.45, 7) is 3.29. The molecule has 0 aromatic heterocycles. The lowest BCUT2D eigenvalue weighted by Gasteiger charge is -2.24. The number of carbonyl (C=O) groups is 3. The highest BCUT2D eigenvalue weighted by atomic mass is 16.7. The van der Waals surface area contributed by atoms with E-state index in [1.54, 1.807) is 13.8 Å². The van der Waals surface area contributed by atoms with Crippen LogP contribution in [0.3, 0.4) is 0 Å². The molecule has 0 amide bonds. The van der Waals surface area contributed by atoms with Gasteiger partial charge in [0.05, 0.1) is 0 Å². The number of ether oxygens (including phenoxy) is 3. The van der Waals surface area contributed by atoms with Gasteiger partial charge in [-0.3, -0.25) is 14.4 Å². The average molecular weight is 256 g/mol. The van der Waals surface area contributed by atoms with E-state index >= 15 is 0 Å². The quantitative estimate of drug-likeness (QED) is 0.675. The van der Waals surface area contributed by atoms with Crippen molar-refractivity contribution < 1.29 is 28.6 Å². The summed E-state index contributed by atoms with van der Waals surface area (Å²) in [7, 11) is 0. The number of hydrogen-bond acceptors (Lipinski definition) is 6. The predicted octanol–water partition coefficient (Wildman–Crippen LogP) is 0.743. The number of rotatable bonds is 5. The summed E-state index contributed by atoms with van der Waals surface area (Å²) < 4.78 is 14.9. The van der Waals surface area contributed by atoms with Crippen molar-refractivity contribution in [1.82, 2.24) is 0 Å². The van der Waals surface area contributed by atoms with Crippen LogP contribution < -0.4 is 0 Å². The van der Waals surface area contributed by atoms with E-state index in [4.69, 9.17) is 14.2 Å². The van der Waals surface area contributed by atoms with Crippen molar-refractivity contribution in [2.24, 2.45) is 0 Å². The molecule has 0 radical (unpaired) electrons. The molecule has 0 saturated carbocycles. The molecule has 100 valence electrons. The van der Waals surface area contributed by atoms with Gasteiger partial charge in [-0.2, -0.15) is 0 Å². The van der Waals surface area contributed by atoms with Crippen molar-refractivity contribution in [2.75, 3.05) is 6.61 Å². The minimum atomic E-state index is -1.24. The minimum Gasteiger partial charge on any atom is -0.463 e. The van der Waals surface area contributed by atoms with Crippen LogP contribution in [0, 0.1) is 0 Å². The molecule has 0 aliphatic carbocycles. The van der Waals surface area contributed by atoms with Crippen LogP contribution in [-0.2, 0) is 28.6 Å². The Morgan fingerprint density at radius 3 is 2.56 bits per heavy atom. The van der Waals surface area contributed by atoms with Gasteiger partial charge in [0.25, 0.3) is 6.29 Å². The second-order valence-corrected chi connectivity index (χ2v) is 3.65. The number of carbonyl (C=O) groups excluding carboxylic acids is 3. The molecule has 0 saturated heterocycles. The first-order valence-electron chi connectivity index (χ1n) is 5.79. The lowest BCUT2D eigenvalue weighted by Crippen LogP contribution is -2.37. The molecule has 0 N–H and O–H groups in total. The number of ketones is 1. The molecule has 1 rings (SSSR count). The lowest BCUT2D eigenvalue weighted by atomic mass is 10.2. The Kier molecular flexibility index (Phi) is 5.51. The highest BCUT2D eigenvalue weighted by molar-refractivity contribution is 5.94. The fourth-order valence-corrected chi connectivity index (χ4v) is 1.21. The predicted molar refractivity (Wildman–Crippen MR) is 60.4 cm³/mol. The zero-order chi connectivity index (χ0) is 13.5. The van der Waals surface area contributed by atoms with E-state index in [0.29, 0.717) is 0 Å². The maximum absolute atomic E-state index is 11.4. The molecule has 0 bridgehead atoms. The van der Waals surface area contributed by atoms with E-state index < -0.39 is 24.1 Å². The Bertz CT molecular complexity index is 360. The Labute approximate surface area is 105 Å².